The molecule has 0 saturated heterocycles. The maximum atomic E-state index is 13.1. The van der Waals surface area contributed by atoms with Crippen molar-refractivity contribution in [3.05, 3.63) is 129 Å². The first-order valence-electron chi connectivity index (χ1n) is 12.4. The lowest BCUT2D eigenvalue weighted by Crippen LogP contribution is -2.14. The number of carbonyl (C=O) groups is 2. The van der Waals surface area contributed by atoms with Gasteiger partial charge in [0.2, 0.25) is 5.69 Å². The van der Waals surface area contributed by atoms with Crippen LogP contribution in [0.1, 0.15) is 32.0 Å². The number of aromatic carboxylic acids is 1. The summed E-state index contributed by atoms with van der Waals surface area (Å²) in [5.41, 5.74) is 1.82. The molecule has 8 nitrogen and oxygen atoms in total. The van der Waals surface area contributed by atoms with Crippen LogP contribution >= 0.6 is 27.5 Å². The van der Waals surface area contributed by atoms with E-state index in [0.717, 1.165) is 15.6 Å². The zero-order valence-corrected chi connectivity index (χ0v) is 23.7. The Morgan fingerprint density at radius 3 is 2.02 bits per heavy atom. The van der Waals surface area contributed by atoms with Gasteiger partial charge in [0, 0.05) is 16.1 Å². The lowest BCUT2D eigenvalue weighted by molar-refractivity contribution is 0.0687. The standard InChI is InChI=1S/C31H22BrClN2O6/c32-22-13-11-21(12-14-22)30(36)34-27-28(31(37)38)35-41-29(27)23-15-24(33)26(40-18-20-9-5-2-6-10-20)16-25(23)39-17-19-7-3-1-4-8-19/h1-16H,17-18H2,(H,34,36)(H,37,38). The van der Waals surface area contributed by atoms with Crippen molar-refractivity contribution in [3.63, 3.8) is 0 Å². The van der Waals surface area contributed by atoms with Gasteiger partial charge in [-0.2, -0.15) is 0 Å². The number of ether oxygens (including phenoxy) is 2. The van der Waals surface area contributed by atoms with Crippen molar-refractivity contribution in [3.8, 4) is 22.8 Å². The third-order valence-electron chi connectivity index (χ3n) is 5.99. The number of anilines is 1. The predicted octanol–water partition coefficient (Wildman–Crippen LogP) is 7.87. The number of carbonyl (C=O) groups excluding carboxylic acids is 1. The number of hydrogen-bond acceptors (Lipinski definition) is 6. The number of nitrogens with zero attached hydrogens (tertiary/aromatic N) is 1. The van der Waals surface area contributed by atoms with Crippen LogP contribution in [-0.2, 0) is 13.2 Å². The van der Waals surface area contributed by atoms with Crippen LogP contribution in [0.2, 0.25) is 5.02 Å². The van der Waals surface area contributed by atoms with Gasteiger partial charge >= 0.3 is 5.97 Å². The summed E-state index contributed by atoms with van der Waals surface area (Å²) >= 11 is 9.96. The van der Waals surface area contributed by atoms with Crippen molar-refractivity contribution >= 4 is 45.1 Å². The van der Waals surface area contributed by atoms with E-state index in [2.05, 4.69) is 26.4 Å². The van der Waals surface area contributed by atoms with Crippen LogP contribution in [0.5, 0.6) is 11.5 Å². The highest BCUT2D eigenvalue weighted by molar-refractivity contribution is 9.10. The van der Waals surface area contributed by atoms with Gasteiger partial charge in [0.05, 0.1) is 10.6 Å². The molecule has 0 aliphatic heterocycles. The van der Waals surface area contributed by atoms with Gasteiger partial charge in [-0.25, -0.2) is 4.79 Å². The summed E-state index contributed by atoms with van der Waals surface area (Å²) in [7, 11) is 0. The Morgan fingerprint density at radius 2 is 1.44 bits per heavy atom. The van der Waals surface area contributed by atoms with Crippen molar-refractivity contribution in [2.24, 2.45) is 0 Å². The van der Waals surface area contributed by atoms with Gasteiger partial charge in [0.15, 0.2) is 5.76 Å². The van der Waals surface area contributed by atoms with Crippen LogP contribution in [0.3, 0.4) is 0 Å². The van der Waals surface area contributed by atoms with Crippen LogP contribution in [0.25, 0.3) is 11.3 Å². The van der Waals surface area contributed by atoms with E-state index in [-0.39, 0.29) is 41.0 Å². The van der Waals surface area contributed by atoms with Gasteiger partial charge < -0.3 is 24.4 Å². The molecule has 0 fully saturated rings. The van der Waals surface area contributed by atoms with Crippen LogP contribution in [-0.4, -0.2) is 22.1 Å². The third kappa shape index (κ3) is 6.77. The molecular weight excluding hydrogens is 612 g/mol. The fraction of sp³-hybridized carbons (Fsp3) is 0.0645. The minimum atomic E-state index is -1.38. The molecule has 0 unspecified atom stereocenters. The molecule has 2 N–H and O–H groups in total. The lowest BCUT2D eigenvalue weighted by Gasteiger charge is -2.15. The number of carboxylic acids is 1. The van der Waals surface area contributed by atoms with Crippen molar-refractivity contribution in [1.29, 1.82) is 0 Å². The first-order valence-corrected chi connectivity index (χ1v) is 13.5. The van der Waals surface area contributed by atoms with Gasteiger partial charge in [-0.3, -0.25) is 4.79 Å². The molecule has 1 amide bonds. The highest BCUT2D eigenvalue weighted by Crippen LogP contribution is 2.43. The molecule has 1 heterocycles. The summed E-state index contributed by atoms with van der Waals surface area (Å²) in [6, 6.07) is 28.8. The van der Waals surface area contributed by atoms with Gasteiger partial charge in [-0.1, -0.05) is 93.4 Å². The second kappa shape index (κ2) is 12.7. The van der Waals surface area contributed by atoms with Crippen LogP contribution in [0, 0.1) is 0 Å². The van der Waals surface area contributed by atoms with Crippen molar-refractivity contribution in [2.75, 3.05) is 5.32 Å². The molecular formula is C31H22BrClN2O6. The summed E-state index contributed by atoms with van der Waals surface area (Å²) < 4.78 is 18.4. The molecule has 0 aliphatic rings. The Labute approximate surface area is 248 Å². The zero-order valence-electron chi connectivity index (χ0n) is 21.3. The quantitative estimate of drug-likeness (QED) is 0.161. The Hall–Kier alpha value is -4.60. The molecule has 0 bridgehead atoms. The largest absolute Gasteiger partial charge is 0.488 e. The van der Waals surface area contributed by atoms with Crippen LogP contribution in [0.4, 0.5) is 5.69 Å². The number of amides is 1. The first kappa shape index (κ1) is 27.9. The number of hydrogen-bond donors (Lipinski definition) is 2. The number of nitrogens with one attached hydrogen (secondary N) is 1. The zero-order chi connectivity index (χ0) is 28.8. The van der Waals surface area contributed by atoms with Crippen LogP contribution in [0.15, 0.2) is 106 Å². The Morgan fingerprint density at radius 1 is 0.854 bits per heavy atom. The molecule has 0 radical (unpaired) electrons. The van der Waals surface area contributed by atoms with Crippen molar-refractivity contribution < 1.29 is 28.7 Å². The molecule has 0 spiro atoms. The van der Waals surface area contributed by atoms with E-state index in [1.807, 2.05) is 60.7 Å². The molecule has 206 valence electrons. The SMILES string of the molecule is O=C(Nc1c(C(=O)O)noc1-c1cc(Cl)c(OCc2ccccc2)cc1OCc1ccccc1)c1ccc(Br)cc1. The summed E-state index contributed by atoms with van der Waals surface area (Å²) in [4.78, 5) is 25.1. The minimum Gasteiger partial charge on any atom is -0.488 e. The number of aromatic nitrogens is 1. The van der Waals surface area contributed by atoms with Crippen molar-refractivity contribution in [1.82, 2.24) is 5.16 Å². The average molecular weight is 634 g/mol. The molecule has 1 aromatic heterocycles. The van der Waals surface area contributed by atoms with E-state index in [1.165, 1.54) is 6.07 Å². The summed E-state index contributed by atoms with van der Waals surface area (Å²) in [6.45, 7) is 0.451. The molecule has 0 atom stereocenters. The highest BCUT2D eigenvalue weighted by Gasteiger charge is 2.28. The fourth-order valence-electron chi connectivity index (χ4n) is 3.94. The fourth-order valence-corrected chi connectivity index (χ4v) is 4.42. The predicted molar refractivity (Wildman–Crippen MR) is 158 cm³/mol. The number of rotatable bonds is 10. The monoisotopic (exact) mass is 632 g/mol. The second-order valence-electron chi connectivity index (χ2n) is 8.83. The van der Waals surface area contributed by atoms with E-state index in [1.54, 1.807) is 30.3 Å². The molecule has 5 rings (SSSR count). The normalized spacial score (nSPS) is 10.7. The van der Waals surface area contributed by atoms with Crippen molar-refractivity contribution in [2.45, 2.75) is 13.2 Å². The van der Waals surface area contributed by atoms with Gasteiger partial charge in [-0.05, 0) is 41.5 Å². The third-order valence-corrected chi connectivity index (χ3v) is 6.82. The summed E-state index contributed by atoms with van der Waals surface area (Å²) in [6.07, 6.45) is 0. The molecule has 4 aromatic carbocycles. The summed E-state index contributed by atoms with van der Waals surface area (Å²) in [5.74, 6) is -1.33. The van der Waals surface area contributed by atoms with Gasteiger partial charge in [0.25, 0.3) is 5.91 Å². The number of halogens is 2. The average Bonchev–Trinajstić information content (AvgIpc) is 3.40. The Balaban J connectivity index is 1.53. The Kier molecular flexibility index (Phi) is 8.67. The molecule has 0 saturated carbocycles. The second-order valence-corrected chi connectivity index (χ2v) is 10.2. The van der Waals surface area contributed by atoms with Gasteiger partial charge in [0.1, 0.15) is 30.4 Å². The Bertz CT molecular complexity index is 1670. The molecule has 41 heavy (non-hydrogen) atoms. The van der Waals surface area contributed by atoms with E-state index in [0.29, 0.717) is 11.3 Å². The van der Waals surface area contributed by atoms with E-state index < -0.39 is 17.6 Å². The highest BCUT2D eigenvalue weighted by atomic mass is 79.9. The molecule has 10 heteroatoms. The maximum absolute atomic E-state index is 13.1. The van der Waals surface area contributed by atoms with E-state index in [9.17, 15) is 14.7 Å². The topological polar surface area (TPSA) is 111 Å². The number of benzene rings is 4. The first-order chi connectivity index (χ1) is 19.9. The van der Waals surface area contributed by atoms with E-state index in [4.69, 9.17) is 25.6 Å². The minimum absolute atomic E-state index is 0.0348. The lowest BCUT2D eigenvalue weighted by atomic mass is 10.1. The van der Waals surface area contributed by atoms with E-state index >= 15 is 0 Å². The smallest absolute Gasteiger partial charge is 0.360 e. The number of carboxylic acid groups (broad SMARTS) is 1. The van der Waals surface area contributed by atoms with Crippen LogP contribution < -0.4 is 14.8 Å². The molecule has 0 aliphatic carbocycles. The van der Waals surface area contributed by atoms with Gasteiger partial charge in [-0.15, -0.1) is 0 Å². The maximum Gasteiger partial charge on any atom is 0.360 e. The molecule has 5 aromatic rings. The summed E-state index contributed by atoms with van der Waals surface area (Å²) in [5, 5.41) is 16.4.